The first kappa shape index (κ1) is 22.9. The molecule has 4 aromatic rings. The van der Waals surface area contributed by atoms with Gasteiger partial charge in [0, 0.05) is 17.4 Å². The standard InChI is InChI=1S/C25H21N3O5S/c29-22(28-25-27-20(16-34-25)18-10-5-2-6-11-18)15-33-24(31)19(14-17-8-3-1-4-9-17)26-23(30)21-12-7-13-32-21/h1-13,16,19H,14-15H2,(H,26,30)(H,27,28,29)/t19-/m1/s1. The van der Waals surface area contributed by atoms with Crippen molar-refractivity contribution in [3.8, 4) is 11.3 Å². The summed E-state index contributed by atoms with van der Waals surface area (Å²) in [6.07, 6.45) is 1.56. The van der Waals surface area contributed by atoms with Crippen LogP contribution in [0.4, 0.5) is 5.13 Å². The average Bonchev–Trinajstić information content (AvgIpc) is 3.56. The monoisotopic (exact) mass is 475 g/mol. The van der Waals surface area contributed by atoms with Crippen LogP contribution in [0, 0.1) is 0 Å². The van der Waals surface area contributed by atoms with E-state index in [4.69, 9.17) is 9.15 Å². The molecule has 2 heterocycles. The lowest BCUT2D eigenvalue weighted by atomic mass is 10.1. The number of hydrogen-bond acceptors (Lipinski definition) is 7. The maximum Gasteiger partial charge on any atom is 0.329 e. The Morgan fingerprint density at radius 3 is 2.41 bits per heavy atom. The number of nitrogens with one attached hydrogen (secondary N) is 2. The molecule has 0 spiro atoms. The van der Waals surface area contributed by atoms with Gasteiger partial charge < -0.3 is 14.5 Å². The van der Waals surface area contributed by atoms with E-state index in [1.54, 1.807) is 6.07 Å². The summed E-state index contributed by atoms with van der Waals surface area (Å²) >= 11 is 1.27. The molecule has 8 nitrogen and oxygen atoms in total. The first-order valence-corrected chi connectivity index (χ1v) is 11.3. The Morgan fingerprint density at radius 2 is 1.71 bits per heavy atom. The maximum atomic E-state index is 12.7. The lowest BCUT2D eigenvalue weighted by molar-refractivity contribution is -0.149. The molecule has 2 aromatic heterocycles. The number of rotatable bonds is 9. The number of anilines is 1. The largest absolute Gasteiger partial charge is 0.459 e. The number of hydrogen-bond donors (Lipinski definition) is 2. The molecule has 34 heavy (non-hydrogen) atoms. The van der Waals surface area contributed by atoms with Crippen LogP contribution in [0.2, 0.25) is 0 Å². The number of thiazole rings is 1. The molecular formula is C25H21N3O5S. The van der Waals surface area contributed by atoms with Gasteiger partial charge in [-0.1, -0.05) is 60.7 Å². The third kappa shape index (κ3) is 6.17. The second-order valence-electron chi connectivity index (χ2n) is 7.25. The molecule has 0 aliphatic heterocycles. The fourth-order valence-corrected chi connectivity index (χ4v) is 3.88. The smallest absolute Gasteiger partial charge is 0.329 e. The minimum atomic E-state index is -1.00. The molecule has 0 saturated carbocycles. The summed E-state index contributed by atoms with van der Waals surface area (Å²) in [5.41, 5.74) is 2.49. The van der Waals surface area contributed by atoms with Gasteiger partial charge in [-0.2, -0.15) is 0 Å². The van der Waals surface area contributed by atoms with Gasteiger partial charge in [0.05, 0.1) is 12.0 Å². The normalized spacial score (nSPS) is 11.4. The number of carbonyl (C=O) groups excluding carboxylic acids is 3. The highest BCUT2D eigenvalue weighted by molar-refractivity contribution is 7.14. The Hall–Kier alpha value is -4.24. The molecule has 1 atom stereocenters. The first-order valence-electron chi connectivity index (χ1n) is 10.4. The Morgan fingerprint density at radius 1 is 0.971 bits per heavy atom. The molecule has 4 rings (SSSR count). The Bertz CT molecular complexity index is 1240. The van der Waals surface area contributed by atoms with Gasteiger partial charge in [0.1, 0.15) is 6.04 Å². The van der Waals surface area contributed by atoms with Crippen LogP contribution in [0.5, 0.6) is 0 Å². The molecular weight excluding hydrogens is 454 g/mol. The fourth-order valence-electron chi connectivity index (χ4n) is 3.15. The van der Waals surface area contributed by atoms with Gasteiger partial charge >= 0.3 is 5.97 Å². The molecule has 2 amide bonds. The average molecular weight is 476 g/mol. The number of aromatic nitrogens is 1. The molecule has 2 aromatic carbocycles. The number of nitrogens with zero attached hydrogens (tertiary/aromatic N) is 1. The zero-order chi connectivity index (χ0) is 23.8. The van der Waals surface area contributed by atoms with E-state index in [-0.39, 0.29) is 12.2 Å². The van der Waals surface area contributed by atoms with Gasteiger partial charge in [0.25, 0.3) is 11.8 Å². The third-order valence-electron chi connectivity index (χ3n) is 4.78. The lowest BCUT2D eigenvalue weighted by Crippen LogP contribution is -2.44. The van der Waals surface area contributed by atoms with E-state index in [0.29, 0.717) is 5.13 Å². The quantitative estimate of drug-likeness (QED) is 0.355. The number of carbonyl (C=O) groups is 3. The van der Waals surface area contributed by atoms with Crippen molar-refractivity contribution in [1.29, 1.82) is 0 Å². The molecule has 0 saturated heterocycles. The van der Waals surface area contributed by atoms with Crippen LogP contribution in [0.1, 0.15) is 16.1 Å². The van der Waals surface area contributed by atoms with E-state index in [9.17, 15) is 14.4 Å². The molecule has 9 heteroatoms. The van der Waals surface area contributed by atoms with Crippen LogP contribution in [0.3, 0.4) is 0 Å². The van der Waals surface area contributed by atoms with Gasteiger partial charge in [-0.3, -0.25) is 14.9 Å². The van der Waals surface area contributed by atoms with E-state index in [0.717, 1.165) is 16.8 Å². The molecule has 0 bridgehead atoms. The number of furan rings is 1. The maximum absolute atomic E-state index is 12.7. The highest BCUT2D eigenvalue weighted by Crippen LogP contribution is 2.24. The topological polar surface area (TPSA) is 111 Å². The van der Waals surface area contributed by atoms with Crippen molar-refractivity contribution in [3.63, 3.8) is 0 Å². The molecule has 0 aliphatic rings. The Kier molecular flexibility index (Phi) is 7.46. The highest BCUT2D eigenvalue weighted by atomic mass is 32.1. The molecule has 0 fully saturated rings. The third-order valence-corrected chi connectivity index (χ3v) is 5.54. The van der Waals surface area contributed by atoms with Crippen LogP contribution in [0.15, 0.2) is 88.9 Å². The molecule has 0 aliphatic carbocycles. The number of ether oxygens (including phenoxy) is 1. The van der Waals surface area contributed by atoms with Crippen molar-refractivity contribution in [3.05, 3.63) is 95.8 Å². The van der Waals surface area contributed by atoms with E-state index in [1.807, 2.05) is 66.0 Å². The zero-order valence-electron chi connectivity index (χ0n) is 18.0. The minimum Gasteiger partial charge on any atom is -0.459 e. The SMILES string of the molecule is O=C(COC(=O)[C@@H](Cc1ccccc1)NC(=O)c1ccco1)Nc1nc(-c2ccccc2)cs1. The summed E-state index contributed by atoms with van der Waals surface area (Å²) in [4.78, 5) is 41.9. The summed E-state index contributed by atoms with van der Waals surface area (Å²) < 4.78 is 10.3. The van der Waals surface area contributed by atoms with Crippen molar-refractivity contribution in [2.75, 3.05) is 11.9 Å². The van der Waals surface area contributed by atoms with Gasteiger partial charge in [-0.25, -0.2) is 9.78 Å². The summed E-state index contributed by atoms with van der Waals surface area (Å²) in [6.45, 7) is -0.513. The van der Waals surface area contributed by atoms with Crippen molar-refractivity contribution in [2.45, 2.75) is 12.5 Å². The summed E-state index contributed by atoms with van der Waals surface area (Å²) in [7, 11) is 0. The van der Waals surface area contributed by atoms with E-state index in [1.165, 1.54) is 23.7 Å². The summed E-state index contributed by atoms with van der Waals surface area (Å²) in [5, 5.41) is 7.47. The molecule has 0 unspecified atom stereocenters. The minimum absolute atomic E-state index is 0.0709. The second kappa shape index (κ2) is 11.1. The van der Waals surface area contributed by atoms with Crippen LogP contribution < -0.4 is 10.6 Å². The van der Waals surface area contributed by atoms with E-state index >= 15 is 0 Å². The number of benzene rings is 2. The van der Waals surface area contributed by atoms with E-state index < -0.39 is 30.4 Å². The van der Waals surface area contributed by atoms with Gasteiger partial charge in [-0.15, -0.1) is 11.3 Å². The van der Waals surface area contributed by atoms with Crippen LogP contribution in [-0.2, 0) is 20.7 Å². The van der Waals surface area contributed by atoms with Crippen molar-refractivity contribution in [2.24, 2.45) is 0 Å². The van der Waals surface area contributed by atoms with Crippen molar-refractivity contribution < 1.29 is 23.5 Å². The van der Waals surface area contributed by atoms with Crippen LogP contribution in [0.25, 0.3) is 11.3 Å². The molecule has 0 radical (unpaired) electrons. The van der Waals surface area contributed by atoms with Crippen LogP contribution in [-0.4, -0.2) is 35.4 Å². The van der Waals surface area contributed by atoms with Crippen molar-refractivity contribution >= 4 is 34.3 Å². The van der Waals surface area contributed by atoms with Crippen LogP contribution >= 0.6 is 11.3 Å². The Balaban J connectivity index is 1.35. The molecule has 172 valence electrons. The first-order chi connectivity index (χ1) is 16.6. The zero-order valence-corrected chi connectivity index (χ0v) is 18.8. The predicted octanol–water partition coefficient (Wildman–Crippen LogP) is 3.93. The summed E-state index contributed by atoms with van der Waals surface area (Å²) in [6, 6.07) is 20.8. The summed E-state index contributed by atoms with van der Waals surface area (Å²) in [5.74, 6) is -1.74. The lowest BCUT2D eigenvalue weighted by Gasteiger charge is -2.17. The van der Waals surface area contributed by atoms with Gasteiger partial charge in [0.15, 0.2) is 17.5 Å². The number of amides is 2. The fraction of sp³-hybridized carbons (Fsp3) is 0.120. The second-order valence-corrected chi connectivity index (χ2v) is 8.11. The predicted molar refractivity (Wildman–Crippen MR) is 127 cm³/mol. The Labute approximate surface area is 199 Å². The highest BCUT2D eigenvalue weighted by Gasteiger charge is 2.25. The van der Waals surface area contributed by atoms with Gasteiger partial charge in [0.2, 0.25) is 0 Å². The van der Waals surface area contributed by atoms with E-state index in [2.05, 4.69) is 15.6 Å². The van der Waals surface area contributed by atoms with Gasteiger partial charge in [-0.05, 0) is 17.7 Å². The van der Waals surface area contributed by atoms with Crippen molar-refractivity contribution in [1.82, 2.24) is 10.3 Å². The number of esters is 1. The molecule has 2 N–H and O–H groups in total.